The topological polar surface area (TPSA) is 38.1 Å². The van der Waals surface area contributed by atoms with Gasteiger partial charge in [0.15, 0.2) is 0 Å². The summed E-state index contributed by atoms with van der Waals surface area (Å²) in [6.45, 7) is 0. The van der Waals surface area contributed by atoms with Crippen LogP contribution < -0.4 is 0 Å². The minimum Gasteiger partial charge on any atom is -0.507 e. The van der Waals surface area contributed by atoms with Crippen molar-refractivity contribution in [2.24, 2.45) is 0 Å². The maximum atomic E-state index is 13.3. The zero-order valence-electron chi connectivity index (χ0n) is 9.99. The van der Waals surface area contributed by atoms with Gasteiger partial charge in [0, 0.05) is 5.56 Å². The Labute approximate surface area is 109 Å². The van der Waals surface area contributed by atoms with E-state index in [9.17, 15) is 9.50 Å². The van der Waals surface area contributed by atoms with E-state index in [1.165, 1.54) is 18.2 Å². The van der Waals surface area contributed by atoms with Gasteiger partial charge in [0.25, 0.3) is 0 Å². The first kappa shape index (κ1) is 11.5. The van der Waals surface area contributed by atoms with Gasteiger partial charge in [0.2, 0.25) is 0 Å². The lowest BCUT2D eigenvalue weighted by Gasteiger charge is -2.09. The molecule has 0 atom stereocenters. The van der Waals surface area contributed by atoms with Crippen LogP contribution in [0.5, 0.6) is 5.75 Å². The molecule has 1 N–H and O–H groups in total. The molecule has 0 saturated heterocycles. The molecule has 0 aliphatic heterocycles. The fourth-order valence-electron chi connectivity index (χ4n) is 2.00. The number of halogens is 1. The predicted molar refractivity (Wildman–Crippen MR) is 70.6 cm³/mol. The van der Waals surface area contributed by atoms with Gasteiger partial charge in [-0.15, -0.1) is 0 Å². The van der Waals surface area contributed by atoms with Crippen LogP contribution in [0.2, 0.25) is 0 Å². The molecule has 0 aliphatic rings. The first-order chi connectivity index (χ1) is 9.25. The molecule has 3 rings (SSSR count). The van der Waals surface area contributed by atoms with Crippen molar-refractivity contribution >= 4 is 0 Å². The van der Waals surface area contributed by atoms with Gasteiger partial charge in [-0.25, -0.2) is 9.07 Å². The Hall–Kier alpha value is -2.62. The van der Waals surface area contributed by atoms with Crippen molar-refractivity contribution in [3.8, 4) is 22.7 Å². The summed E-state index contributed by atoms with van der Waals surface area (Å²) in [7, 11) is 0. The third-order valence-corrected chi connectivity index (χ3v) is 2.88. The highest BCUT2D eigenvalue weighted by Gasteiger charge is 2.12. The number of benzene rings is 2. The molecular weight excluding hydrogens is 243 g/mol. The van der Waals surface area contributed by atoms with Gasteiger partial charge in [-0.3, -0.25) is 0 Å². The Bertz CT molecular complexity index is 707. The van der Waals surface area contributed by atoms with Crippen LogP contribution in [0.4, 0.5) is 4.39 Å². The number of aromatic hydroxyl groups is 1. The molecule has 0 radical (unpaired) electrons. The van der Waals surface area contributed by atoms with Crippen molar-refractivity contribution in [3.63, 3.8) is 0 Å². The van der Waals surface area contributed by atoms with E-state index < -0.39 is 5.82 Å². The summed E-state index contributed by atoms with van der Waals surface area (Å²) in [4.78, 5) is 0. The van der Waals surface area contributed by atoms with Crippen LogP contribution in [0.3, 0.4) is 0 Å². The van der Waals surface area contributed by atoms with Gasteiger partial charge in [0.05, 0.1) is 17.6 Å². The molecule has 3 aromatic rings. The van der Waals surface area contributed by atoms with E-state index in [0.29, 0.717) is 11.3 Å². The molecule has 0 amide bonds. The van der Waals surface area contributed by atoms with Gasteiger partial charge in [-0.1, -0.05) is 18.2 Å². The summed E-state index contributed by atoms with van der Waals surface area (Å²) in [5, 5.41) is 14.1. The molecule has 0 aliphatic carbocycles. The fourth-order valence-corrected chi connectivity index (χ4v) is 2.00. The number of para-hydroxylation sites is 1. The zero-order valence-corrected chi connectivity index (χ0v) is 9.99. The second-order valence-corrected chi connectivity index (χ2v) is 4.13. The van der Waals surface area contributed by atoms with Crippen LogP contribution in [0.15, 0.2) is 60.8 Å². The molecule has 3 nitrogen and oxygen atoms in total. The van der Waals surface area contributed by atoms with Crippen LogP contribution >= 0.6 is 0 Å². The molecule has 94 valence electrons. The molecule has 0 fully saturated rings. The van der Waals surface area contributed by atoms with Crippen molar-refractivity contribution < 1.29 is 9.50 Å². The van der Waals surface area contributed by atoms with Gasteiger partial charge < -0.3 is 5.11 Å². The summed E-state index contributed by atoms with van der Waals surface area (Å²) in [6, 6.07) is 15.1. The number of phenols is 1. The van der Waals surface area contributed by atoms with Gasteiger partial charge in [-0.2, -0.15) is 5.10 Å². The number of hydrogen-bond acceptors (Lipinski definition) is 2. The van der Waals surface area contributed by atoms with E-state index >= 15 is 0 Å². The predicted octanol–water partition coefficient (Wildman–Crippen LogP) is 3.38. The largest absolute Gasteiger partial charge is 0.507 e. The number of rotatable bonds is 2. The highest BCUT2D eigenvalue weighted by molar-refractivity contribution is 5.68. The molecule has 0 unspecified atom stereocenters. The van der Waals surface area contributed by atoms with Crippen LogP contribution in [-0.4, -0.2) is 14.9 Å². The van der Waals surface area contributed by atoms with Crippen LogP contribution in [-0.2, 0) is 0 Å². The van der Waals surface area contributed by atoms with E-state index in [-0.39, 0.29) is 5.75 Å². The van der Waals surface area contributed by atoms with Crippen molar-refractivity contribution in [2.75, 3.05) is 0 Å². The van der Waals surface area contributed by atoms with Crippen molar-refractivity contribution in [1.82, 2.24) is 9.78 Å². The third-order valence-electron chi connectivity index (χ3n) is 2.88. The molecule has 1 heterocycles. The highest BCUT2D eigenvalue weighted by Crippen LogP contribution is 2.30. The standard InChI is InChI=1S/C15H11FN2O/c16-11-6-7-15(19)13(10-11)14-8-9-17-18(14)12-4-2-1-3-5-12/h1-10,19H. The number of nitrogens with zero attached hydrogens (tertiary/aromatic N) is 2. The summed E-state index contributed by atoms with van der Waals surface area (Å²) in [5.41, 5.74) is 1.91. The Morgan fingerprint density at radius 2 is 1.79 bits per heavy atom. The average Bonchev–Trinajstić information content (AvgIpc) is 2.91. The molecule has 0 spiro atoms. The van der Waals surface area contributed by atoms with Crippen LogP contribution in [0.1, 0.15) is 0 Å². The molecule has 4 heteroatoms. The van der Waals surface area contributed by atoms with E-state index in [4.69, 9.17) is 0 Å². The van der Waals surface area contributed by atoms with Gasteiger partial charge >= 0.3 is 0 Å². The maximum absolute atomic E-state index is 13.3. The van der Waals surface area contributed by atoms with Gasteiger partial charge in [0.1, 0.15) is 11.6 Å². The molecular formula is C15H11FN2O. The monoisotopic (exact) mass is 254 g/mol. The molecule has 0 saturated carbocycles. The molecule has 19 heavy (non-hydrogen) atoms. The lowest BCUT2D eigenvalue weighted by Crippen LogP contribution is -1.98. The summed E-state index contributed by atoms with van der Waals surface area (Å²) < 4.78 is 15.0. The average molecular weight is 254 g/mol. The first-order valence-corrected chi connectivity index (χ1v) is 5.84. The zero-order chi connectivity index (χ0) is 13.2. The van der Waals surface area contributed by atoms with E-state index in [1.807, 2.05) is 30.3 Å². The highest BCUT2D eigenvalue weighted by atomic mass is 19.1. The molecule has 1 aromatic heterocycles. The Morgan fingerprint density at radius 3 is 2.58 bits per heavy atom. The lowest BCUT2D eigenvalue weighted by molar-refractivity contribution is 0.474. The second kappa shape index (κ2) is 4.57. The van der Waals surface area contributed by atoms with Crippen molar-refractivity contribution in [3.05, 3.63) is 66.6 Å². The third kappa shape index (κ3) is 2.08. The minimum atomic E-state index is -0.395. The normalized spacial score (nSPS) is 10.6. The van der Waals surface area contributed by atoms with Crippen LogP contribution in [0.25, 0.3) is 16.9 Å². The number of hydrogen-bond donors (Lipinski definition) is 1. The van der Waals surface area contributed by atoms with E-state index in [2.05, 4.69) is 5.10 Å². The summed E-state index contributed by atoms with van der Waals surface area (Å²) in [6.07, 6.45) is 1.62. The second-order valence-electron chi connectivity index (χ2n) is 4.13. The number of aromatic nitrogens is 2. The Kier molecular flexibility index (Phi) is 2.76. The van der Waals surface area contributed by atoms with E-state index in [1.54, 1.807) is 16.9 Å². The quantitative estimate of drug-likeness (QED) is 0.761. The summed E-state index contributed by atoms with van der Waals surface area (Å²) in [5.74, 6) is -0.368. The number of phenolic OH excluding ortho intramolecular Hbond substituents is 1. The Morgan fingerprint density at radius 1 is 1.00 bits per heavy atom. The Balaban J connectivity index is 2.18. The maximum Gasteiger partial charge on any atom is 0.125 e. The fraction of sp³-hybridized carbons (Fsp3) is 0. The molecule has 0 bridgehead atoms. The smallest absolute Gasteiger partial charge is 0.125 e. The summed E-state index contributed by atoms with van der Waals surface area (Å²) >= 11 is 0. The van der Waals surface area contributed by atoms with E-state index in [0.717, 1.165) is 5.69 Å². The minimum absolute atomic E-state index is 0.0269. The first-order valence-electron chi connectivity index (χ1n) is 5.84. The molecule has 2 aromatic carbocycles. The van der Waals surface area contributed by atoms with Crippen molar-refractivity contribution in [1.29, 1.82) is 0 Å². The lowest BCUT2D eigenvalue weighted by atomic mass is 10.1. The SMILES string of the molecule is Oc1ccc(F)cc1-c1ccnn1-c1ccccc1. The van der Waals surface area contributed by atoms with Crippen molar-refractivity contribution in [2.45, 2.75) is 0 Å². The van der Waals surface area contributed by atoms with Gasteiger partial charge in [-0.05, 0) is 36.4 Å². The van der Waals surface area contributed by atoms with Crippen LogP contribution in [0, 0.1) is 5.82 Å².